The van der Waals surface area contributed by atoms with Crippen LogP contribution in [0.15, 0.2) is 16.7 Å². The maximum absolute atomic E-state index is 9.97. The lowest BCUT2D eigenvalue weighted by Gasteiger charge is -2.30. The number of aliphatic hydroxyl groups is 1. The quantitative estimate of drug-likeness (QED) is 0.753. The van der Waals surface area contributed by atoms with Crippen LogP contribution in [-0.4, -0.2) is 16.7 Å². The summed E-state index contributed by atoms with van der Waals surface area (Å²) in [5.41, 5.74) is 0.761. The zero-order valence-corrected chi connectivity index (χ0v) is 8.84. The second kappa shape index (κ2) is 3.04. The van der Waals surface area contributed by atoms with Gasteiger partial charge in [0, 0.05) is 16.2 Å². The van der Waals surface area contributed by atoms with Crippen LogP contribution in [0.25, 0.3) is 0 Å². The molecule has 1 atom stereocenters. The summed E-state index contributed by atoms with van der Waals surface area (Å²) in [6.45, 7) is 2.55. The minimum Gasteiger partial charge on any atom is -0.383 e. The van der Waals surface area contributed by atoms with Crippen molar-refractivity contribution < 1.29 is 9.84 Å². The van der Waals surface area contributed by atoms with E-state index in [0.29, 0.717) is 13.2 Å². The van der Waals surface area contributed by atoms with Crippen LogP contribution in [0, 0.1) is 0 Å². The monoisotopic (exact) mass is 243 g/mol. The smallest absolute Gasteiger partial charge is 0.112 e. The van der Waals surface area contributed by atoms with Crippen molar-refractivity contribution >= 4 is 15.9 Å². The van der Waals surface area contributed by atoms with Gasteiger partial charge in [0.05, 0.1) is 18.9 Å². The first-order chi connectivity index (χ1) is 6.09. The number of hydrogen-bond donors (Lipinski definition) is 1. The van der Waals surface area contributed by atoms with E-state index in [1.54, 1.807) is 13.1 Å². The first-order valence-corrected chi connectivity index (χ1v) is 4.84. The van der Waals surface area contributed by atoms with E-state index < -0.39 is 5.60 Å². The Bertz CT molecular complexity index is 338. The molecule has 1 N–H and O–H groups in total. The van der Waals surface area contributed by atoms with Gasteiger partial charge in [-0.3, -0.25) is 4.98 Å². The third-order valence-corrected chi connectivity index (χ3v) is 2.57. The molecule has 0 saturated heterocycles. The van der Waals surface area contributed by atoms with Gasteiger partial charge in [-0.2, -0.15) is 0 Å². The molecular formula is C9H10BrNO2. The summed E-state index contributed by atoms with van der Waals surface area (Å²) in [5, 5.41) is 9.97. The van der Waals surface area contributed by atoms with Crippen molar-refractivity contribution in [3.8, 4) is 0 Å². The molecule has 1 unspecified atom stereocenters. The first kappa shape index (κ1) is 9.12. The van der Waals surface area contributed by atoms with Crippen molar-refractivity contribution in [3.63, 3.8) is 0 Å². The topological polar surface area (TPSA) is 42.4 Å². The van der Waals surface area contributed by atoms with Crippen LogP contribution < -0.4 is 0 Å². The summed E-state index contributed by atoms with van der Waals surface area (Å²) in [4.78, 5) is 4.18. The van der Waals surface area contributed by atoms with E-state index in [-0.39, 0.29) is 0 Å². The zero-order valence-electron chi connectivity index (χ0n) is 7.25. The van der Waals surface area contributed by atoms with Gasteiger partial charge in [-0.15, -0.1) is 0 Å². The number of hydrogen-bond acceptors (Lipinski definition) is 3. The summed E-state index contributed by atoms with van der Waals surface area (Å²) < 4.78 is 6.11. The number of rotatable bonds is 0. The third kappa shape index (κ3) is 1.61. The molecule has 0 bridgehead atoms. The van der Waals surface area contributed by atoms with Gasteiger partial charge >= 0.3 is 0 Å². The lowest BCUT2D eigenvalue weighted by Crippen LogP contribution is -2.33. The Balaban J connectivity index is 2.55. The Morgan fingerprint density at radius 2 is 2.46 bits per heavy atom. The minimum atomic E-state index is -0.912. The Kier molecular flexibility index (Phi) is 2.14. The Morgan fingerprint density at radius 1 is 1.69 bits per heavy atom. The van der Waals surface area contributed by atoms with Gasteiger partial charge in [0.1, 0.15) is 5.60 Å². The van der Waals surface area contributed by atoms with Crippen molar-refractivity contribution in [1.29, 1.82) is 0 Å². The lowest BCUT2D eigenvalue weighted by atomic mass is 9.94. The Hall–Kier alpha value is -0.450. The predicted octanol–water partition coefficient (Wildman–Crippen LogP) is 1.58. The molecule has 1 aliphatic rings. The Labute approximate surface area is 84.9 Å². The largest absolute Gasteiger partial charge is 0.383 e. The van der Waals surface area contributed by atoms with Crippen molar-refractivity contribution in [2.24, 2.45) is 0 Å². The van der Waals surface area contributed by atoms with E-state index in [1.165, 1.54) is 0 Å². The highest BCUT2D eigenvalue weighted by Gasteiger charge is 2.31. The second-order valence-electron chi connectivity index (χ2n) is 3.41. The van der Waals surface area contributed by atoms with E-state index in [2.05, 4.69) is 20.9 Å². The molecule has 0 fully saturated rings. The fraction of sp³-hybridized carbons (Fsp3) is 0.444. The first-order valence-electron chi connectivity index (χ1n) is 4.04. The van der Waals surface area contributed by atoms with Crippen LogP contribution in [-0.2, 0) is 16.9 Å². The lowest BCUT2D eigenvalue weighted by molar-refractivity contribution is -0.0619. The molecule has 2 rings (SSSR count). The third-order valence-electron chi connectivity index (χ3n) is 2.14. The Morgan fingerprint density at radius 3 is 3.23 bits per heavy atom. The van der Waals surface area contributed by atoms with Crippen LogP contribution in [0.5, 0.6) is 0 Å². The molecule has 1 aromatic rings. The maximum atomic E-state index is 9.97. The highest BCUT2D eigenvalue weighted by Crippen LogP contribution is 2.30. The van der Waals surface area contributed by atoms with Gasteiger partial charge in [0.25, 0.3) is 0 Å². The van der Waals surface area contributed by atoms with Gasteiger partial charge in [-0.25, -0.2) is 0 Å². The van der Waals surface area contributed by atoms with Gasteiger partial charge < -0.3 is 9.84 Å². The summed E-state index contributed by atoms with van der Waals surface area (Å²) >= 11 is 3.33. The average molecular weight is 244 g/mol. The fourth-order valence-corrected chi connectivity index (χ4v) is 1.80. The molecule has 0 saturated carbocycles. The molecule has 70 valence electrons. The number of fused-ring (bicyclic) bond motifs is 1. The van der Waals surface area contributed by atoms with E-state index in [1.807, 2.05) is 6.07 Å². The van der Waals surface area contributed by atoms with E-state index >= 15 is 0 Å². The average Bonchev–Trinajstić information content (AvgIpc) is 2.06. The number of halogens is 1. The molecule has 3 nitrogen and oxygen atoms in total. The number of pyridine rings is 1. The standard InChI is InChI=1S/C9H10BrNO2/c1-9(12)5-13-4-8-7(9)2-6(10)3-11-8/h2-3,12H,4-5H2,1H3. The molecule has 13 heavy (non-hydrogen) atoms. The summed E-state index contributed by atoms with van der Waals surface area (Å²) in [6, 6.07) is 1.89. The van der Waals surface area contributed by atoms with E-state index in [9.17, 15) is 5.11 Å². The van der Waals surface area contributed by atoms with Crippen LogP contribution in [0.1, 0.15) is 18.2 Å². The molecule has 0 aromatic carbocycles. The predicted molar refractivity (Wildman–Crippen MR) is 51.2 cm³/mol. The van der Waals surface area contributed by atoms with Crippen molar-refractivity contribution in [2.45, 2.75) is 19.1 Å². The number of ether oxygens (including phenoxy) is 1. The van der Waals surface area contributed by atoms with Gasteiger partial charge in [0.2, 0.25) is 0 Å². The summed E-state index contributed by atoms with van der Waals surface area (Å²) in [5.74, 6) is 0. The van der Waals surface area contributed by atoms with E-state index in [4.69, 9.17) is 4.74 Å². The van der Waals surface area contributed by atoms with Crippen LogP contribution in [0.2, 0.25) is 0 Å². The van der Waals surface area contributed by atoms with Crippen LogP contribution >= 0.6 is 15.9 Å². The summed E-state index contributed by atoms with van der Waals surface area (Å²) in [7, 11) is 0. The van der Waals surface area contributed by atoms with Gasteiger partial charge in [-0.1, -0.05) is 0 Å². The molecule has 0 radical (unpaired) electrons. The minimum absolute atomic E-state index is 0.331. The molecule has 0 spiro atoms. The second-order valence-corrected chi connectivity index (χ2v) is 4.33. The summed E-state index contributed by atoms with van der Waals surface area (Å²) in [6.07, 6.45) is 1.71. The SMILES string of the molecule is CC1(O)COCc2ncc(Br)cc21. The molecule has 4 heteroatoms. The highest BCUT2D eigenvalue weighted by molar-refractivity contribution is 9.10. The molecule has 2 heterocycles. The number of nitrogens with zero attached hydrogens (tertiary/aromatic N) is 1. The normalized spacial score (nSPS) is 27.0. The molecule has 1 aliphatic heterocycles. The van der Waals surface area contributed by atoms with Gasteiger partial charge in [0.15, 0.2) is 0 Å². The van der Waals surface area contributed by atoms with E-state index in [0.717, 1.165) is 15.7 Å². The van der Waals surface area contributed by atoms with Crippen LogP contribution in [0.4, 0.5) is 0 Å². The molecule has 0 amide bonds. The highest BCUT2D eigenvalue weighted by atomic mass is 79.9. The van der Waals surface area contributed by atoms with Crippen molar-refractivity contribution in [3.05, 3.63) is 28.0 Å². The molecular weight excluding hydrogens is 234 g/mol. The molecule has 1 aromatic heterocycles. The van der Waals surface area contributed by atoms with Crippen LogP contribution in [0.3, 0.4) is 0 Å². The van der Waals surface area contributed by atoms with Gasteiger partial charge in [-0.05, 0) is 28.9 Å². The fourth-order valence-electron chi connectivity index (χ4n) is 1.47. The maximum Gasteiger partial charge on any atom is 0.112 e. The van der Waals surface area contributed by atoms with Crippen molar-refractivity contribution in [1.82, 2.24) is 4.98 Å². The zero-order chi connectivity index (χ0) is 9.47. The van der Waals surface area contributed by atoms with Crippen molar-refractivity contribution in [2.75, 3.05) is 6.61 Å². The molecule has 0 aliphatic carbocycles. The number of aromatic nitrogens is 1.